The summed E-state index contributed by atoms with van der Waals surface area (Å²) < 4.78 is 0. The monoisotopic (exact) mass is 246 g/mol. The SMILES string of the molecule is CN(CCc1ccc(N)cc1)Cc1cccs1. The molecule has 1 aromatic carbocycles. The second-order valence-electron chi connectivity index (χ2n) is 4.31. The van der Waals surface area contributed by atoms with Crippen molar-refractivity contribution in [3.8, 4) is 0 Å². The molecule has 2 nitrogen and oxygen atoms in total. The van der Waals surface area contributed by atoms with E-state index in [1.165, 1.54) is 10.4 Å². The minimum Gasteiger partial charge on any atom is -0.399 e. The second kappa shape index (κ2) is 5.84. The van der Waals surface area contributed by atoms with Gasteiger partial charge in [0.15, 0.2) is 0 Å². The normalized spacial score (nSPS) is 10.9. The van der Waals surface area contributed by atoms with Gasteiger partial charge in [-0.05, 0) is 42.6 Å². The molecule has 0 fully saturated rings. The van der Waals surface area contributed by atoms with E-state index in [1.54, 1.807) is 0 Å². The molecule has 2 rings (SSSR count). The first-order valence-corrected chi connectivity index (χ1v) is 6.67. The smallest absolute Gasteiger partial charge is 0.0324 e. The van der Waals surface area contributed by atoms with E-state index >= 15 is 0 Å². The van der Waals surface area contributed by atoms with Crippen LogP contribution in [0.3, 0.4) is 0 Å². The number of rotatable bonds is 5. The lowest BCUT2D eigenvalue weighted by Crippen LogP contribution is -2.20. The van der Waals surface area contributed by atoms with Crippen molar-refractivity contribution < 1.29 is 0 Å². The lowest BCUT2D eigenvalue weighted by Gasteiger charge is -2.15. The van der Waals surface area contributed by atoms with Gasteiger partial charge in [-0.1, -0.05) is 18.2 Å². The van der Waals surface area contributed by atoms with Gasteiger partial charge in [-0.3, -0.25) is 0 Å². The molecule has 17 heavy (non-hydrogen) atoms. The molecule has 0 saturated heterocycles. The van der Waals surface area contributed by atoms with Crippen LogP contribution in [0.15, 0.2) is 41.8 Å². The van der Waals surface area contributed by atoms with Crippen molar-refractivity contribution in [2.45, 2.75) is 13.0 Å². The number of nitrogen functional groups attached to an aromatic ring is 1. The number of likely N-dealkylation sites (N-methyl/N-ethyl adjacent to an activating group) is 1. The molecule has 0 unspecified atom stereocenters. The summed E-state index contributed by atoms with van der Waals surface area (Å²) in [5.74, 6) is 0. The lowest BCUT2D eigenvalue weighted by molar-refractivity contribution is 0.334. The van der Waals surface area contributed by atoms with Gasteiger partial charge in [0.05, 0.1) is 0 Å². The Hall–Kier alpha value is -1.32. The van der Waals surface area contributed by atoms with Crippen LogP contribution < -0.4 is 5.73 Å². The lowest BCUT2D eigenvalue weighted by atomic mass is 10.1. The van der Waals surface area contributed by atoms with Crippen molar-refractivity contribution in [2.75, 3.05) is 19.3 Å². The highest BCUT2D eigenvalue weighted by atomic mass is 32.1. The molecule has 0 aliphatic heterocycles. The average Bonchev–Trinajstić information content (AvgIpc) is 2.81. The van der Waals surface area contributed by atoms with E-state index in [2.05, 4.69) is 41.6 Å². The van der Waals surface area contributed by atoms with Gasteiger partial charge in [-0.25, -0.2) is 0 Å². The van der Waals surface area contributed by atoms with Gasteiger partial charge in [0.2, 0.25) is 0 Å². The molecule has 3 heteroatoms. The van der Waals surface area contributed by atoms with E-state index in [-0.39, 0.29) is 0 Å². The summed E-state index contributed by atoms with van der Waals surface area (Å²) in [6.07, 6.45) is 1.07. The number of nitrogens with zero attached hydrogens (tertiary/aromatic N) is 1. The van der Waals surface area contributed by atoms with Crippen LogP contribution in [0, 0.1) is 0 Å². The van der Waals surface area contributed by atoms with E-state index in [0.717, 1.165) is 25.2 Å². The minimum absolute atomic E-state index is 0.834. The van der Waals surface area contributed by atoms with Gasteiger partial charge < -0.3 is 10.6 Å². The van der Waals surface area contributed by atoms with E-state index in [9.17, 15) is 0 Å². The standard InChI is InChI=1S/C14H18N2S/c1-16(11-14-3-2-10-17-14)9-8-12-4-6-13(15)7-5-12/h2-7,10H,8-9,11,15H2,1H3. The Balaban J connectivity index is 1.79. The second-order valence-corrected chi connectivity index (χ2v) is 5.34. The molecule has 0 saturated carbocycles. The molecule has 0 aliphatic rings. The topological polar surface area (TPSA) is 29.3 Å². The van der Waals surface area contributed by atoms with Gasteiger partial charge in [0, 0.05) is 23.7 Å². The molecule has 2 N–H and O–H groups in total. The Morgan fingerprint density at radius 3 is 2.59 bits per heavy atom. The van der Waals surface area contributed by atoms with Crippen molar-refractivity contribution in [1.29, 1.82) is 0 Å². The fraction of sp³-hybridized carbons (Fsp3) is 0.286. The number of hydrogen-bond donors (Lipinski definition) is 1. The van der Waals surface area contributed by atoms with Crippen LogP contribution in [-0.4, -0.2) is 18.5 Å². The Labute approximate surface area is 107 Å². The number of nitrogens with two attached hydrogens (primary N) is 1. The first-order valence-electron chi connectivity index (χ1n) is 5.79. The maximum atomic E-state index is 5.66. The highest BCUT2D eigenvalue weighted by molar-refractivity contribution is 7.09. The van der Waals surface area contributed by atoms with Crippen molar-refractivity contribution in [3.63, 3.8) is 0 Å². The Morgan fingerprint density at radius 1 is 1.18 bits per heavy atom. The average molecular weight is 246 g/mol. The summed E-state index contributed by atoms with van der Waals surface area (Å²) in [5.41, 5.74) is 7.84. The van der Waals surface area contributed by atoms with Gasteiger partial charge in [0.25, 0.3) is 0 Å². The third-order valence-corrected chi connectivity index (χ3v) is 3.63. The Bertz CT molecular complexity index is 434. The molecular weight excluding hydrogens is 228 g/mol. The summed E-state index contributed by atoms with van der Waals surface area (Å²) in [7, 11) is 2.16. The quantitative estimate of drug-likeness (QED) is 0.822. The molecule has 2 aromatic rings. The fourth-order valence-corrected chi connectivity index (χ4v) is 2.54. The Kier molecular flexibility index (Phi) is 4.18. The predicted octanol–water partition coefficient (Wildman–Crippen LogP) is 3.00. The van der Waals surface area contributed by atoms with Crippen LogP contribution in [0.5, 0.6) is 0 Å². The number of thiophene rings is 1. The molecule has 0 bridgehead atoms. The third-order valence-electron chi connectivity index (χ3n) is 2.77. The highest BCUT2D eigenvalue weighted by Gasteiger charge is 2.01. The largest absolute Gasteiger partial charge is 0.399 e. The molecule has 0 amide bonds. The van der Waals surface area contributed by atoms with E-state index < -0.39 is 0 Å². The van der Waals surface area contributed by atoms with Crippen LogP contribution in [-0.2, 0) is 13.0 Å². The summed E-state index contributed by atoms with van der Waals surface area (Å²) in [6, 6.07) is 12.4. The predicted molar refractivity (Wildman–Crippen MR) is 75.2 cm³/mol. The molecule has 0 atom stereocenters. The maximum absolute atomic E-state index is 5.66. The van der Waals surface area contributed by atoms with Gasteiger partial charge >= 0.3 is 0 Å². The van der Waals surface area contributed by atoms with E-state index in [1.807, 2.05) is 23.5 Å². The zero-order chi connectivity index (χ0) is 12.1. The first-order chi connectivity index (χ1) is 8.24. The summed E-state index contributed by atoms with van der Waals surface area (Å²) in [4.78, 5) is 3.77. The maximum Gasteiger partial charge on any atom is 0.0324 e. The van der Waals surface area contributed by atoms with E-state index in [4.69, 9.17) is 5.73 Å². The molecular formula is C14H18N2S. The number of benzene rings is 1. The van der Waals surface area contributed by atoms with Gasteiger partial charge in [0.1, 0.15) is 0 Å². The zero-order valence-corrected chi connectivity index (χ0v) is 10.9. The minimum atomic E-state index is 0.834. The summed E-state index contributed by atoms with van der Waals surface area (Å²) >= 11 is 1.82. The molecule has 90 valence electrons. The number of anilines is 1. The van der Waals surface area contributed by atoms with Crippen LogP contribution in [0.4, 0.5) is 5.69 Å². The zero-order valence-electron chi connectivity index (χ0n) is 10.1. The van der Waals surface area contributed by atoms with Crippen molar-refractivity contribution in [3.05, 3.63) is 52.2 Å². The first kappa shape index (κ1) is 12.1. The molecule has 0 radical (unpaired) electrons. The van der Waals surface area contributed by atoms with Crippen molar-refractivity contribution in [1.82, 2.24) is 4.90 Å². The van der Waals surface area contributed by atoms with Crippen LogP contribution >= 0.6 is 11.3 Å². The van der Waals surface area contributed by atoms with Crippen molar-refractivity contribution >= 4 is 17.0 Å². The van der Waals surface area contributed by atoms with Crippen LogP contribution in [0.1, 0.15) is 10.4 Å². The highest BCUT2D eigenvalue weighted by Crippen LogP contribution is 2.12. The molecule has 1 heterocycles. The van der Waals surface area contributed by atoms with Crippen LogP contribution in [0.2, 0.25) is 0 Å². The van der Waals surface area contributed by atoms with Crippen molar-refractivity contribution in [2.24, 2.45) is 0 Å². The molecule has 1 aromatic heterocycles. The van der Waals surface area contributed by atoms with Gasteiger partial charge in [-0.15, -0.1) is 11.3 Å². The molecule has 0 aliphatic carbocycles. The summed E-state index contributed by atoms with van der Waals surface area (Å²) in [5, 5.41) is 2.13. The van der Waals surface area contributed by atoms with Gasteiger partial charge in [-0.2, -0.15) is 0 Å². The number of hydrogen-bond acceptors (Lipinski definition) is 3. The Morgan fingerprint density at radius 2 is 1.94 bits per heavy atom. The van der Waals surface area contributed by atoms with E-state index in [0.29, 0.717) is 0 Å². The summed E-state index contributed by atoms with van der Waals surface area (Å²) in [6.45, 7) is 2.11. The molecule has 0 spiro atoms. The van der Waals surface area contributed by atoms with Crippen LogP contribution in [0.25, 0.3) is 0 Å². The fourth-order valence-electron chi connectivity index (χ4n) is 1.75. The third kappa shape index (κ3) is 3.88.